The highest BCUT2D eigenvalue weighted by atomic mass is 32.1. The van der Waals surface area contributed by atoms with E-state index in [0.717, 1.165) is 4.88 Å². The molecule has 0 atom stereocenters. The van der Waals surface area contributed by atoms with Gasteiger partial charge >= 0.3 is 6.03 Å². The predicted molar refractivity (Wildman–Crippen MR) is 50.6 cm³/mol. The molecule has 1 aromatic rings. The third-order valence-corrected chi connectivity index (χ3v) is 2.23. The first kappa shape index (κ1) is 9.73. The maximum Gasteiger partial charge on any atom is 0.315 e. The van der Waals surface area contributed by atoms with Crippen LogP contribution in [0, 0.1) is 0 Å². The molecule has 0 aliphatic carbocycles. The lowest BCUT2D eigenvalue weighted by molar-refractivity contribution is -0.107. The quantitative estimate of drug-likeness (QED) is 0.701. The Bertz CT molecular complexity index is 272. The molecule has 4 nitrogen and oxygen atoms in total. The van der Waals surface area contributed by atoms with E-state index in [4.69, 9.17) is 0 Å². The summed E-state index contributed by atoms with van der Waals surface area (Å²) in [6.45, 7) is 0.554. The summed E-state index contributed by atoms with van der Waals surface area (Å²) in [5.41, 5.74) is 0. The maximum absolute atomic E-state index is 10.9. The Morgan fingerprint density at radius 1 is 1.54 bits per heavy atom. The average molecular weight is 198 g/mol. The van der Waals surface area contributed by atoms with Gasteiger partial charge in [0.25, 0.3) is 0 Å². The largest absolute Gasteiger partial charge is 0.333 e. The van der Waals surface area contributed by atoms with Gasteiger partial charge in [0, 0.05) is 4.88 Å². The van der Waals surface area contributed by atoms with Crippen molar-refractivity contribution in [2.45, 2.75) is 6.54 Å². The number of hydrogen-bond acceptors (Lipinski definition) is 3. The van der Waals surface area contributed by atoms with Crippen molar-refractivity contribution in [1.82, 2.24) is 10.6 Å². The number of hydrogen-bond donors (Lipinski definition) is 2. The van der Waals surface area contributed by atoms with Crippen LogP contribution in [0.15, 0.2) is 17.5 Å². The van der Waals surface area contributed by atoms with E-state index >= 15 is 0 Å². The Balaban J connectivity index is 2.19. The first-order valence-electron chi connectivity index (χ1n) is 3.80. The zero-order chi connectivity index (χ0) is 9.52. The number of rotatable bonds is 4. The summed E-state index contributed by atoms with van der Waals surface area (Å²) in [6, 6.07) is 3.54. The van der Waals surface area contributed by atoms with Crippen LogP contribution in [0.5, 0.6) is 0 Å². The Morgan fingerprint density at radius 3 is 3.00 bits per heavy atom. The highest BCUT2D eigenvalue weighted by Crippen LogP contribution is 2.06. The second kappa shape index (κ2) is 5.31. The lowest BCUT2D eigenvalue weighted by atomic mass is 10.5. The van der Waals surface area contributed by atoms with Crippen LogP contribution in [0.2, 0.25) is 0 Å². The third kappa shape index (κ3) is 3.71. The zero-order valence-electron chi connectivity index (χ0n) is 6.95. The molecule has 1 rings (SSSR count). The Morgan fingerprint density at radius 2 is 2.38 bits per heavy atom. The van der Waals surface area contributed by atoms with E-state index < -0.39 is 0 Å². The summed E-state index contributed by atoms with van der Waals surface area (Å²) >= 11 is 1.58. The van der Waals surface area contributed by atoms with Gasteiger partial charge in [-0.2, -0.15) is 0 Å². The average Bonchev–Trinajstić information content (AvgIpc) is 2.64. The molecule has 5 heteroatoms. The Hall–Kier alpha value is -1.36. The fraction of sp³-hybridized carbons (Fsp3) is 0.250. The van der Waals surface area contributed by atoms with Crippen LogP contribution in [-0.4, -0.2) is 18.9 Å². The van der Waals surface area contributed by atoms with Crippen LogP contribution in [0.1, 0.15) is 4.88 Å². The van der Waals surface area contributed by atoms with Gasteiger partial charge in [-0.1, -0.05) is 6.07 Å². The fourth-order valence-corrected chi connectivity index (χ4v) is 1.42. The molecule has 0 bridgehead atoms. The van der Waals surface area contributed by atoms with Gasteiger partial charge < -0.3 is 15.4 Å². The van der Waals surface area contributed by atoms with Crippen molar-refractivity contribution in [1.29, 1.82) is 0 Å². The molecule has 70 valence electrons. The molecule has 2 N–H and O–H groups in total. The Kier molecular flexibility index (Phi) is 3.98. The fourth-order valence-electron chi connectivity index (χ4n) is 0.777. The summed E-state index contributed by atoms with van der Waals surface area (Å²) in [5, 5.41) is 6.95. The lowest BCUT2D eigenvalue weighted by Gasteiger charge is -2.02. The van der Waals surface area contributed by atoms with Crippen molar-refractivity contribution in [3.8, 4) is 0 Å². The number of carbonyl (C=O) groups excluding carboxylic acids is 2. The molecule has 0 aliphatic rings. The van der Waals surface area contributed by atoms with Gasteiger partial charge in [0.05, 0.1) is 13.1 Å². The van der Waals surface area contributed by atoms with Crippen molar-refractivity contribution in [3.63, 3.8) is 0 Å². The minimum absolute atomic E-state index is 0.0519. The minimum Gasteiger partial charge on any atom is -0.333 e. The van der Waals surface area contributed by atoms with E-state index in [2.05, 4.69) is 10.6 Å². The second-order valence-corrected chi connectivity index (χ2v) is 3.34. The molecule has 0 saturated heterocycles. The number of amides is 2. The minimum atomic E-state index is -0.319. The number of urea groups is 1. The van der Waals surface area contributed by atoms with Crippen molar-refractivity contribution < 1.29 is 9.59 Å². The molecule has 0 saturated carbocycles. The first-order chi connectivity index (χ1) is 6.33. The molecule has 2 amide bonds. The van der Waals surface area contributed by atoms with Gasteiger partial charge in [-0.3, -0.25) is 0 Å². The standard InChI is InChI=1S/C8H10N2O2S/c11-4-3-9-8(12)10-6-7-2-1-5-13-7/h1-2,4-5H,3,6H2,(H2,9,10,12). The molecule has 0 spiro atoms. The molecule has 1 heterocycles. The topological polar surface area (TPSA) is 58.2 Å². The third-order valence-electron chi connectivity index (χ3n) is 1.35. The summed E-state index contributed by atoms with van der Waals surface area (Å²) in [4.78, 5) is 21.9. The van der Waals surface area contributed by atoms with Crippen molar-refractivity contribution in [2.75, 3.05) is 6.54 Å². The SMILES string of the molecule is O=CCNC(=O)NCc1cccs1. The molecule has 0 fully saturated rings. The van der Waals surface area contributed by atoms with Crippen LogP contribution >= 0.6 is 11.3 Å². The molecular weight excluding hydrogens is 188 g/mol. The van der Waals surface area contributed by atoms with Crippen molar-refractivity contribution in [3.05, 3.63) is 22.4 Å². The molecular formula is C8H10N2O2S. The van der Waals surface area contributed by atoms with Crippen LogP contribution < -0.4 is 10.6 Å². The molecule has 0 aromatic carbocycles. The van der Waals surface area contributed by atoms with E-state index in [9.17, 15) is 9.59 Å². The summed E-state index contributed by atoms with van der Waals surface area (Å²) in [6.07, 6.45) is 0.644. The van der Waals surface area contributed by atoms with Gasteiger partial charge in [-0.05, 0) is 11.4 Å². The van der Waals surface area contributed by atoms with Gasteiger partial charge in [0.2, 0.25) is 0 Å². The summed E-state index contributed by atoms with van der Waals surface area (Å²) in [5.74, 6) is 0. The number of thiophene rings is 1. The lowest BCUT2D eigenvalue weighted by Crippen LogP contribution is -2.35. The first-order valence-corrected chi connectivity index (χ1v) is 4.68. The maximum atomic E-state index is 10.9. The summed E-state index contributed by atoms with van der Waals surface area (Å²) in [7, 11) is 0. The van der Waals surface area contributed by atoms with E-state index in [1.165, 1.54) is 0 Å². The zero-order valence-corrected chi connectivity index (χ0v) is 7.76. The van der Waals surface area contributed by atoms with Crippen molar-refractivity contribution >= 4 is 23.7 Å². The monoisotopic (exact) mass is 198 g/mol. The van der Waals surface area contributed by atoms with E-state index in [0.29, 0.717) is 12.8 Å². The van der Waals surface area contributed by atoms with Crippen LogP contribution in [-0.2, 0) is 11.3 Å². The number of nitrogens with one attached hydrogen (secondary N) is 2. The number of carbonyl (C=O) groups is 2. The number of aldehydes is 1. The van der Waals surface area contributed by atoms with Gasteiger partial charge in [0.1, 0.15) is 6.29 Å². The normalized spacial score (nSPS) is 9.23. The molecule has 0 radical (unpaired) electrons. The molecule has 0 unspecified atom stereocenters. The van der Waals surface area contributed by atoms with Gasteiger partial charge in [-0.25, -0.2) is 4.79 Å². The van der Waals surface area contributed by atoms with E-state index in [1.54, 1.807) is 11.3 Å². The van der Waals surface area contributed by atoms with Crippen LogP contribution in [0.3, 0.4) is 0 Å². The van der Waals surface area contributed by atoms with Crippen molar-refractivity contribution in [2.24, 2.45) is 0 Å². The Labute approximate surface area is 80.0 Å². The second-order valence-electron chi connectivity index (χ2n) is 2.31. The van der Waals surface area contributed by atoms with Gasteiger partial charge in [0.15, 0.2) is 0 Å². The highest BCUT2D eigenvalue weighted by molar-refractivity contribution is 7.09. The summed E-state index contributed by atoms with van der Waals surface area (Å²) < 4.78 is 0. The van der Waals surface area contributed by atoms with E-state index in [-0.39, 0.29) is 12.6 Å². The predicted octanol–water partition coefficient (Wildman–Crippen LogP) is 0.746. The van der Waals surface area contributed by atoms with E-state index in [1.807, 2.05) is 17.5 Å². The van der Waals surface area contributed by atoms with Crippen LogP contribution in [0.4, 0.5) is 4.79 Å². The molecule has 0 aliphatic heterocycles. The van der Waals surface area contributed by atoms with Crippen LogP contribution in [0.25, 0.3) is 0 Å². The highest BCUT2D eigenvalue weighted by Gasteiger charge is 1.98. The molecule has 13 heavy (non-hydrogen) atoms. The smallest absolute Gasteiger partial charge is 0.315 e. The van der Waals surface area contributed by atoms with Gasteiger partial charge in [-0.15, -0.1) is 11.3 Å². The molecule has 1 aromatic heterocycles.